The van der Waals surface area contributed by atoms with Gasteiger partial charge in [0.05, 0.1) is 5.02 Å². The number of halogens is 2. The van der Waals surface area contributed by atoms with Gasteiger partial charge in [0.25, 0.3) is 5.91 Å². The number of carbonyl (C=O) groups excluding carboxylic acids is 2. The second-order valence-corrected chi connectivity index (χ2v) is 5.98. The third kappa shape index (κ3) is 3.74. The van der Waals surface area contributed by atoms with Gasteiger partial charge in [-0.2, -0.15) is 0 Å². The van der Waals surface area contributed by atoms with Crippen molar-refractivity contribution in [3.8, 4) is 0 Å². The van der Waals surface area contributed by atoms with Crippen LogP contribution < -0.4 is 5.32 Å². The van der Waals surface area contributed by atoms with Crippen LogP contribution in [-0.2, 0) is 9.53 Å². The summed E-state index contributed by atoms with van der Waals surface area (Å²) >= 11 is 5.89. The van der Waals surface area contributed by atoms with Crippen molar-refractivity contribution in [3.63, 3.8) is 0 Å². The molecule has 6 heteroatoms. The molecule has 0 unspecified atom stereocenters. The van der Waals surface area contributed by atoms with Gasteiger partial charge in [0.15, 0.2) is 0 Å². The quantitative estimate of drug-likeness (QED) is 0.840. The lowest BCUT2D eigenvalue weighted by molar-refractivity contribution is -0.130. The highest BCUT2D eigenvalue weighted by Gasteiger charge is 2.32. The molecule has 1 aliphatic carbocycles. The van der Waals surface area contributed by atoms with Crippen molar-refractivity contribution >= 4 is 23.5 Å². The number of ether oxygens (including phenoxy) is 1. The van der Waals surface area contributed by atoms with Crippen LogP contribution in [0, 0.1) is 5.82 Å². The maximum Gasteiger partial charge on any atom is 0.343 e. The van der Waals surface area contributed by atoms with E-state index in [1.807, 2.05) is 0 Å². The first kappa shape index (κ1) is 16.5. The van der Waals surface area contributed by atoms with Gasteiger partial charge in [-0.15, -0.1) is 0 Å². The molecule has 4 nitrogen and oxygen atoms in total. The molecule has 0 aliphatic heterocycles. The molecular weight excluding hydrogens is 333 g/mol. The number of nitrogens with one attached hydrogen (secondary N) is 1. The van der Waals surface area contributed by atoms with Gasteiger partial charge in [-0.3, -0.25) is 4.79 Å². The van der Waals surface area contributed by atoms with Crippen LogP contribution >= 0.6 is 11.6 Å². The van der Waals surface area contributed by atoms with Crippen LogP contribution in [0.3, 0.4) is 0 Å². The Kier molecular flexibility index (Phi) is 4.81. The first-order valence-electron chi connectivity index (χ1n) is 7.56. The van der Waals surface area contributed by atoms with E-state index in [-0.39, 0.29) is 16.6 Å². The minimum absolute atomic E-state index is 0.0607. The van der Waals surface area contributed by atoms with E-state index in [0.717, 1.165) is 18.9 Å². The minimum atomic E-state index is -1.16. The van der Waals surface area contributed by atoms with Crippen molar-refractivity contribution in [1.29, 1.82) is 0 Å². The summed E-state index contributed by atoms with van der Waals surface area (Å²) in [5.41, 5.74) is 0.135. The van der Waals surface area contributed by atoms with Gasteiger partial charge in [0, 0.05) is 11.6 Å². The zero-order valence-electron chi connectivity index (χ0n) is 12.7. The summed E-state index contributed by atoms with van der Waals surface area (Å²) in [4.78, 5) is 24.8. The van der Waals surface area contributed by atoms with Crippen LogP contribution in [0.15, 0.2) is 48.5 Å². The Balaban J connectivity index is 1.85. The van der Waals surface area contributed by atoms with Crippen molar-refractivity contribution in [2.24, 2.45) is 0 Å². The highest BCUT2D eigenvalue weighted by molar-refractivity contribution is 6.33. The van der Waals surface area contributed by atoms with Gasteiger partial charge in [0.1, 0.15) is 11.4 Å². The maximum absolute atomic E-state index is 13.9. The molecule has 1 atom stereocenters. The molecule has 24 heavy (non-hydrogen) atoms. The summed E-state index contributed by atoms with van der Waals surface area (Å²) < 4.78 is 19.2. The normalized spacial score (nSPS) is 14.8. The topological polar surface area (TPSA) is 55.4 Å². The Bertz CT molecular complexity index is 742. The Labute approximate surface area is 143 Å². The fourth-order valence-corrected chi connectivity index (χ4v) is 2.50. The average Bonchev–Trinajstić information content (AvgIpc) is 3.37. The molecule has 0 aromatic heterocycles. The van der Waals surface area contributed by atoms with Crippen LogP contribution in [-0.4, -0.2) is 17.9 Å². The molecule has 1 saturated carbocycles. The van der Waals surface area contributed by atoms with Crippen molar-refractivity contribution in [2.75, 3.05) is 0 Å². The van der Waals surface area contributed by atoms with Gasteiger partial charge < -0.3 is 10.1 Å². The Morgan fingerprint density at radius 2 is 1.83 bits per heavy atom. The molecule has 0 bridgehead atoms. The van der Waals surface area contributed by atoms with E-state index < -0.39 is 23.8 Å². The van der Waals surface area contributed by atoms with E-state index in [2.05, 4.69) is 5.32 Å². The number of rotatable bonds is 5. The van der Waals surface area contributed by atoms with Crippen LogP contribution in [0.25, 0.3) is 0 Å². The van der Waals surface area contributed by atoms with E-state index in [1.54, 1.807) is 30.3 Å². The van der Waals surface area contributed by atoms with E-state index in [0.29, 0.717) is 5.56 Å². The van der Waals surface area contributed by atoms with Crippen molar-refractivity contribution in [2.45, 2.75) is 25.0 Å². The number of hydrogen-bond donors (Lipinski definition) is 1. The zero-order chi connectivity index (χ0) is 17.1. The third-order valence-corrected chi connectivity index (χ3v) is 3.97. The molecule has 1 fully saturated rings. The van der Waals surface area contributed by atoms with Crippen LogP contribution in [0.2, 0.25) is 5.02 Å². The zero-order valence-corrected chi connectivity index (χ0v) is 13.4. The SMILES string of the molecule is O=C(O[C@@H](C(=O)NC1CC1)c1ccccc1)c1c(F)cccc1Cl. The monoisotopic (exact) mass is 347 g/mol. The van der Waals surface area contributed by atoms with E-state index in [9.17, 15) is 14.0 Å². The van der Waals surface area contributed by atoms with E-state index >= 15 is 0 Å². The first-order valence-corrected chi connectivity index (χ1v) is 7.94. The lowest BCUT2D eigenvalue weighted by atomic mass is 10.1. The highest BCUT2D eigenvalue weighted by atomic mass is 35.5. The summed E-state index contributed by atoms with van der Waals surface area (Å²) in [6, 6.07) is 12.6. The molecule has 2 aromatic carbocycles. The predicted octanol–water partition coefficient (Wildman–Crippen LogP) is 3.66. The molecule has 1 amide bonds. The fourth-order valence-electron chi connectivity index (χ4n) is 2.26. The minimum Gasteiger partial charge on any atom is -0.444 e. The first-order chi connectivity index (χ1) is 11.6. The molecule has 3 rings (SSSR count). The summed E-state index contributed by atoms with van der Waals surface area (Å²) in [6.45, 7) is 0. The molecule has 124 valence electrons. The number of carbonyl (C=O) groups is 2. The summed E-state index contributed by atoms with van der Waals surface area (Å²) in [5.74, 6) is -2.19. The molecule has 0 spiro atoms. The van der Waals surface area contributed by atoms with Crippen LogP contribution in [0.5, 0.6) is 0 Å². The standard InChI is InChI=1S/C18H15ClFNO3/c19-13-7-4-8-14(20)15(13)18(23)24-16(11-5-2-1-3-6-11)17(22)21-12-9-10-12/h1-8,12,16H,9-10H2,(H,21,22)/t16-/m1/s1. The summed E-state index contributed by atoms with van der Waals surface area (Å²) in [6.07, 6.45) is 0.649. The van der Waals surface area contributed by atoms with Crippen molar-refractivity contribution in [3.05, 3.63) is 70.5 Å². The molecule has 1 N–H and O–H groups in total. The number of esters is 1. The van der Waals surface area contributed by atoms with Gasteiger partial charge in [-0.05, 0) is 25.0 Å². The molecule has 1 aliphatic rings. The average molecular weight is 348 g/mol. The molecule has 0 saturated heterocycles. The Morgan fingerprint density at radius 1 is 1.12 bits per heavy atom. The smallest absolute Gasteiger partial charge is 0.343 e. The molecular formula is C18H15ClFNO3. The number of benzene rings is 2. The largest absolute Gasteiger partial charge is 0.444 e. The fraction of sp³-hybridized carbons (Fsp3) is 0.222. The highest BCUT2D eigenvalue weighted by Crippen LogP contribution is 2.26. The number of amides is 1. The molecule has 2 aromatic rings. The second kappa shape index (κ2) is 7.01. The lowest BCUT2D eigenvalue weighted by Crippen LogP contribution is -2.33. The second-order valence-electron chi connectivity index (χ2n) is 5.58. The predicted molar refractivity (Wildman–Crippen MR) is 87.2 cm³/mol. The van der Waals surface area contributed by atoms with Crippen LogP contribution in [0.4, 0.5) is 4.39 Å². The van der Waals surface area contributed by atoms with E-state index in [4.69, 9.17) is 16.3 Å². The van der Waals surface area contributed by atoms with Gasteiger partial charge in [-0.1, -0.05) is 48.0 Å². The molecule has 0 radical (unpaired) electrons. The third-order valence-electron chi connectivity index (χ3n) is 3.66. The van der Waals surface area contributed by atoms with Crippen LogP contribution in [0.1, 0.15) is 34.9 Å². The summed E-state index contributed by atoms with van der Waals surface area (Å²) in [7, 11) is 0. The van der Waals surface area contributed by atoms with Crippen molar-refractivity contribution < 1.29 is 18.7 Å². The van der Waals surface area contributed by atoms with Crippen molar-refractivity contribution in [1.82, 2.24) is 5.32 Å². The number of hydrogen-bond acceptors (Lipinski definition) is 3. The van der Waals surface area contributed by atoms with Gasteiger partial charge in [-0.25, -0.2) is 9.18 Å². The Morgan fingerprint density at radius 3 is 2.46 bits per heavy atom. The summed E-state index contributed by atoms with van der Waals surface area (Å²) in [5, 5.41) is 2.73. The van der Waals surface area contributed by atoms with Gasteiger partial charge >= 0.3 is 5.97 Å². The maximum atomic E-state index is 13.9. The van der Waals surface area contributed by atoms with E-state index in [1.165, 1.54) is 12.1 Å². The molecule has 0 heterocycles. The van der Waals surface area contributed by atoms with Gasteiger partial charge in [0.2, 0.25) is 6.10 Å². The Hall–Kier alpha value is -2.40. The lowest BCUT2D eigenvalue weighted by Gasteiger charge is -2.18.